The second-order valence-electron chi connectivity index (χ2n) is 5.42. The van der Waals surface area contributed by atoms with Crippen LogP contribution < -0.4 is 4.90 Å². The summed E-state index contributed by atoms with van der Waals surface area (Å²) in [5, 5.41) is 20.1. The largest absolute Gasteiger partial charge is 0.477 e. The lowest BCUT2D eigenvalue weighted by Crippen LogP contribution is -2.38. The molecule has 0 spiro atoms. The first-order chi connectivity index (χ1) is 9.90. The van der Waals surface area contributed by atoms with E-state index in [2.05, 4.69) is 23.8 Å². The Morgan fingerprint density at radius 2 is 2.14 bits per heavy atom. The number of hydrogen-bond acceptors (Lipinski definition) is 5. The van der Waals surface area contributed by atoms with Crippen LogP contribution in [0.4, 0.5) is 11.4 Å². The van der Waals surface area contributed by atoms with Gasteiger partial charge in [0.2, 0.25) is 0 Å². The van der Waals surface area contributed by atoms with Crippen LogP contribution in [-0.4, -0.2) is 53.6 Å². The minimum absolute atomic E-state index is 0.216. The van der Waals surface area contributed by atoms with Crippen molar-refractivity contribution in [2.45, 2.75) is 19.4 Å². The van der Waals surface area contributed by atoms with Gasteiger partial charge in [-0.25, -0.2) is 4.79 Å². The molecule has 1 unspecified atom stereocenters. The molecule has 1 aliphatic heterocycles. The van der Waals surface area contributed by atoms with E-state index in [4.69, 9.17) is 5.11 Å². The van der Waals surface area contributed by atoms with Crippen molar-refractivity contribution in [2.24, 2.45) is 0 Å². The van der Waals surface area contributed by atoms with Gasteiger partial charge in [0, 0.05) is 30.9 Å². The van der Waals surface area contributed by atoms with Crippen LogP contribution in [0.5, 0.6) is 0 Å². The highest BCUT2D eigenvalue weighted by atomic mass is 16.6. The number of hydrogen-bond donors (Lipinski definition) is 1. The molecule has 1 atom stereocenters. The molecule has 0 amide bonds. The molecule has 1 heterocycles. The highest BCUT2D eigenvalue weighted by Gasteiger charge is 2.25. The smallest absolute Gasteiger partial charge is 0.342 e. The van der Waals surface area contributed by atoms with Crippen molar-refractivity contribution in [3.63, 3.8) is 0 Å². The van der Waals surface area contributed by atoms with E-state index in [-0.39, 0.29) is 17.3 Å². The molecule has 114 valence electrons. The molecular weight excluding hydrogens is 274 g/mol. The Hall–Kier alpha value is -2.15. The molecule has 21 heavy (non-hydrogen) atoms. The van der Waals surface area contributed by atoms with Crippen LogP contribution in [0.15, 0.2) is 18.2 Å². The fourth-order valence-electron chi connectivity index (χ4n) is 2.79. The van der Waals surface area contributed by atoms with Crippen molar-refractivity contribution in [1.82, 2.24) is 4.90 Å². The Morgan fingerprint density at radius 1 is 1.43 bits per heavy atom. The van der Waals surface area contributed by atoms with Crippen LogP contribution in [0.3, 0.4) is 0 Å². The number of nitrogens with zero attached hydrogens (tertiary/aromatic N) is 3. The van der Waals surface area contributed by atoms with Crippen LogP contribution >= 0.6 is 0 Å². The monoisotopic (exact) mass is 293 g/mol. The zero-order valence-corrected chi connectivity index (χ0v) is 12.2. The fraction of sp³-hybridized carbons (Fsp3) is 0.500. The number of anilines is 1. The highest BCUT2D eigenvalue weighted by Crippen LogP contribution is 2.28. The van der Waals surface area contributed by atoms with Crippen LogP contribution in [0.25, 0.3) is 0 Å². The molecule has 1 aromatic rings. The van der Waals surface area contributed by atoms with E-state index in [1.54, 1.807) is 6.07 Å². The van der Waals surface area contributed by atoms with Crippen molar-refractivity contribution in [3.8, 4) is 0 Å². The number of carboxylic acids is 1. The first kappa shape index (κ1) is 15.2. The highest BCUT2D eigenvalue weighted by molar-refractivity contribution is 5.93. The van der Waals surface area contributed by atoms with Gasteiger partial charge in [-0.05, 0) is 39.1 Å². The Balaban J connectivity index is 2.37. The van der Waals surface area contributed by atoms with E-state index < -0.39 is 10.9 Å². The van der Waals surface area contributed by atoms with Gasteiger partial charge in [0.15, 0.2) is 0 Å². The van der Waals surface area contributed by atoms with Gasteiger partial charge in [-0.1, -0.05) is 0 Å². The third-order valence-electron chi connectivity index (χ3n) is 3.79. The van der Waals surface area contributed by atoms with E-state index in [9.17, 15) is 14.9 Å². The van der Waals surface area contributed by atoms with Gasteiger partial charge >= 0.3 is 5.97 Å². The quantitative estimate of drug-likeness (QED) is 0.675. The molecule has 1 N–H and O–H groups in total. The number of aromatic carboxylic acids is 1. The van der Waals surface area contributed by atoms with Gasteiger partial charge in [0.25, 0.3) is 5.69 Å². The number of nitro benzene ring substituents is 1. The summed E-state index contributed by atoms with van der Waals surface area (Å²) in [5.74, 6) is -1.28. The van der Waals surface area contributed by atoms with E-state index >= 15 is 0 Å². The second kappa shape index (κ2) is 6.09. The summed E-state index contributed by atoms with van der Waals surface area (Å²) < 4.78 is 0. The second-order valence-corrected chi connectivity index (χ2v) is 5.42. The lowest BCUT2D eigenvalue weighted by Gasteiger charge is -2.30. The molecule has 0 aromatic heterocycles. The number of benzene rings is 1. The molecule has 0 saturated carbocycles. The van der Waals surface area contributed by atoms with Gasteiger partial charge < -0.3 is 14.9 Å². The summed E-state index contributed by atoms with van der Waals surface area (Å²) in [7, 11) is 2.05. The average molecular weight is 293 g/mol. The van der Waals surface area contributed by atoms with Crippen LogP contribution in [0.2, 0.25) is 0 Å². The molecule has 1 aromatic carbocycles. The SMILES string of the molecule is CC1CN(C)CCCN1c1ccc(C(=O)O)c([N+](=O)[O-])c1. The summed E-state index contributed by atoms with van der Waals surface area (Å²) in [4.78, 5) is 25.8. The van der Waals surface area contributed by atoms with Crippen molar-refractivity contribution in [2.75, 3.05) is 31.6 Å². The summed E-state index contributed by atoms with van der Waals surface area (Å²) in [6.45, 7) is 4.72. The van der Waals surface area contributed by atoms with Gasteiger partial charge in [-0.15, -0.1) is 0 Å². The Labute approximate surface area is 122 Å². The van der Waals surface area contributed by atoms with Gasteiger partial charge in [0.05, 0.1) is 4.92 Å². The Morgan fingerprint density at radius 3 is 2.76 bits per heavy atom. The number of carbonyl (C=O) groups is 1. The number of nitro groups is 1. The molecule has 1 aliphatic rings. The topological polar surface area (TPSA) is 86.9 Å². The van der Waals surface area contributed by atoms with E-state index in [0.29, 0.717) is 5.69 Å². The molecule has 0 aliphatic carbocycles. The standard InChI is InChI=1S/C14H19N3O4/c1-10-9-15(2)6-3-7-16(10)11-4-5-12(14(18)19)13(8-11)17(20)21/h4-5,8,10H,3,6-7,9H2,1-2H3,(H,18,19). The predicted octanol–water partition coefficient (Wildman–Crippen LogP) is 1.82. The van der Waals surface area contributed by atoms with Crippen LogP contribution in [0, 0.1) is 10.1 Å². The van der Waals surface area contributed by atoms with Crippen molar-refractivity contribution in [3.05, 3.63) is 33.9 Å². The van der Waals surface area contributed by atoms with E-state index in [1.807, 2.05) is 0 Å². The minimum atomic E-state index is -1.28. The molecular formula is C14H19N3O4. The number of rotatable bonds is 3. The zero-order chi connectivity index (χ0) is 15.6. The third kappa shape index (κ3) is 3.30. The Bertz CT molecular complexity index is 561. The summed E-state index contributed by atoms with van der Waals surface area (Å²) in [5.41, 5.74) is 0.0719. The predicted molar refractivity (Wildman–Crippen MR) is 79.0 cm³/mol. The molecule has 0 radical (unpaired) electrons. The van der Waals surface area contributed by atoms with Gasteiger partial charge in [-0.2, -0.15) is 0 Å². The molecule has 1 fully saturated rings. The van der Waals surface area contributed by atoms with Crippen molar-refractivity contribution >= 4 is 17.3 Å². The minimum Gasteiger partial charge on any atom is -0.477 e. The molecule has 7 nitrogen and oxygen atoms in total. The van der Waals surface area contributed by atoms with Crippen LogP contribution in [0.1, 0.15) is 23.7 Å². The molecule has 0 bridgehead atoms. The Kier molecular flexibility index (Phi) is 4.42. The van der Waals surface area contributed by atoms with Gasteiger partial charge in [-0.3, -0.25) is 10.1 Å². The summed E-state index contributed by atoms with van der Waals surface area (Å²) in [6, 6.07) is 4.55. The molecule has 2 rings (SSSR count). The first-order valence-electron chi connectivity index (χ1n) is 6.87. The first-order valence-corrected chi connectivity index (χ1v) is 6.87. The lowest BCUT2D eigenvalue weighted by atomic mass is 10.1. The van der Waals surface area contributed by atoms with Gasteiger partial charge in [0.1, 0.15) is 5.56 Å². The molecule has 1 saturated heterocycles. The maximum absolute atomic E-state index is 11.1. The maximum Gasteiger partial charge on any atom is 0.342 e. The van der Waals surface area contributed by atoms with E-state index in [1.165, 1.54) is 12.1 Å². The zero-order valence-electron chi connectivity index (χ0n) is 12.2. The van der Waals surface area contributed by atoms with Crippen LogP contribution in [-0.2, 0) is 0 Å². The van der Waals surface area contributed by atoms with Crippen molar-refractivity contribution in [1.29, 1.82) is 0 Å². The lowest BCUT2D eigenvalue weighted by molar-refractivity contribution is -0.385. The maximum atomic E-state index is 11.1. The number of likely N-dealkylation sites (N-methyl/N-ethyl adjacent to an activating group) is 1. The third-order valence-corrected chi connectivity index (χ3v) is 3.79. The summed E-state index contributed by atoms with van der Waals surface area (Å²) >= 11 is 0. The normalized spacial score (nSPS) is 20.1. The van der Waals surface area contributed by atoms with Crippen molar-refractivity contribution < 1.29 is 14.8 Å². The molecule has 7 heteroatoms. The van der Waals surface area contributed by atoms with E-state index in [0.717, 1.165) is 26.1 Å². The average Bonchev–Trinajstić information content (AvgIpc) is 2.58. The summed E-state index contributed by atoms with van der Waals surface area (Å²) in [6.07, 6.45) is 0.968. The fourth-order valence-corrected chi connectivity index (χ4v) is 2.79. The number of carboxylic acid groups (broad SMARTS) is 1.